The molecule has 2 aliphatic rings. The molecular formula is C23H22Cl2N4O5S2. The minimum absolute atomic E-state index is 0.0407. The van der Waals surface area contributed by atoms with Crippen LogP contribution in [-0.4, -0.2) is 65.8 Å². The second-order valence-electron chi connectivity index (χ2n) is 8.14. The molecule has 0 aliphatic carbocycles. The van der Waals surface area contributed by atoms with E-state index in [1.165, 1.54) is 16.4 Å². The largest absolute Gasteiger partial charge is 0.354 e. The van der Waals surface area contributed by atoms with Crippen molar-refractivity contribution in [2.75, 3.05) is 26.2 Å². The van der Waals surface area contributed by atoms with Crippen LogP contribution in [0.3, 0.4) is 0 Å². The Morgan fingerprint density at radius 2 is 1.83 bits per heavy atom. The van der Waals surface area contributed by atoms with Crippen LogP contribution in [0.2, 0.25) is 10.0 Å². The number of nitrogens with one attached hydrogen (secondary N) is 1. The van der Waals surface area contributed by atoms with E-state index in [-0.39, 0.29) is 47.0 Å². The SMILES string of the molecule is O=C(NCCN1C(=O)S/C(=C/c2cccnc2)C1=O)C1CCN(S(=O)(=O)c2c(Cl)cccc2Cl)CC1. The van der Waals surface area contributed by atoms with Crippen molar-refractivity contribution in [3.05, 3.63) is 63.2 Å². The zero-order valence-corrected chi connectivity index (χ0v) is 22.0. The Labute approximate surface area is 222 Å². The molecule has 2 aliphatic heterocycles. The number of piperidine rings is 1. The number of benzene rings is 1. The third-order valence-corrected chi connectivity index (χ3v) is 9.59. The minimum Gasteiger partial charge on any atom is -0.354 e. The van der Waals surface area contributed by atoms with Crippen LogP contribution in [0.5, 0.6) is 0 Å². The van der Waals surface area contributed by atoms with E-state index in [2.05, 4.69) is 10.3 Å². The van der Waals surface area contributed by atoms with E-state index < -0.39 is 27.1 Å². The molecule has 9 nitrogen and oxygen atoms in total. The second kappa shape index (κ2) is 11.3. The number of sulfonamides is 1. The first kappa shape index (κ1) is 26.6. The topological polar surface area (TPSA) is 117 Å². The van der Waals surface area contributed by atoms with E-state index in [0.717, 1.165) is 16.7 Å². The molecule has 2 fully saturated rings. The first-order valence-corrected chi connectivity index (χ1v) is 14.1. The number of hydrogen-bond donors (Lipinski definition) is 1. The summed E-state index contributed by atoms with van der Waals surface area (Å²) in [5.74, 6) is -1.06. The summed E-state index contributed by atoms with van der Waals surface area (Å²) in [4.78, 5) is 42.8. The maximum Gasteiger partial charge on any atom is 0.293 e. The van der Waals surface area contributed by atoms with Gasteiger partial charge in [-0.1, -0.05) is 35.3 Å². The molecule has 1 N–H and O–H groups in total. The van der Waals surface area contributed by atoms with Crippen LogP contribution in [0.15, 0.2) is 52.5 Å². The van der Waals surface area contributed by atoms with Gasteiger partial charge in [-0.2, -0.15) is 4.31 Å². The van der Waals surface area contributed by atoms with Crippen LogP contribution < -0.4 is 5.32 Å². The molecule has 0 saturated carbocycles. The number of halogens is 2. The number of aromatic nitrogens is 1. The number of hydrogen-bond acceptors (Lipinski definition) is 7. The van der Waals surface area contributed by atoms with Gasteiger partial charge < -0.3 is 5.32 Å². The molecule has 1 aromatic heterocycles. The number of rotatable bonds is 7. The van der Waals surface area contributed by atoms with Gasteiger partial charge in [0.2, 0.25) is 15.9 Å². The second-order valence-corrected chi connectivity index (χ2v) is 11.8. The summed E-state index contributed by atoms with van der Waals surface area (Å²) >= 11 is 13.0. The number of nitrogens with zero attached hydrogens (tertiary/aromatic N) is 3. The van der Waals surface area contributed by atoms with E-state index in [9.17, 15) is 22.8 Å². The quantitative estimate of drug-likeness (QED) is 0.506. The van der Waals surface area contributed by atoms with Crippen LogP contribution >= 0.6 is 35.0 Å². The summed E-state index contributed by atoms with van der Waals surface area (Å²) < 4.78 is 27.3. The fraction of sp³-hybridized carbons (Fsp3) is 0.304. The normalized spacial score (nSPS) is 18.7. The van der Waals surface area contributed by atoms with Crippen LogP contribution in [0, 0.1) is 5.92 Å². The molecule has 3 heterocycles. The number of carbonyl (C=O) groups is 3. The third-order valence-electron chi connectivity index (χ3n) is 5.83. The van der Waals surface area contributed by atoms with Gasteiger partial charge in [-0.3, -0.25) is 24.3 Å². The Bertz CT molecular complexity index is 1290. The monoisotopic (exact) mass is 568 g/mol. The summed E-state index contributed by atoms with van der Waals surface area (Å²) in [5, 5.41) is 2.45. The van der Waals surface area contributed by atoms with Gasteiger partial charge in [0, 0.05) is 44.5 Å². The maximum absolute atomic E-state index is 13.0. The third kappa shape index (κ3) is 5.76. The highest BCUT2D eigenvalue weighted by Crippen LogP contribution is 2.34. The highest BCUT2D eigenvalue weighted by atomic mass is 35.5. The Kier molecular flexibility index (Phi) is 8.36. The van der Waals surface area contributed by atoms with Crippen molar-refractivity contribution in [2.24, 2.45) is 5.92 Å². The van der Waals surface area contributed by atoms with Gasteiger partial charge >= 0.3 is 0 Å². The fourth-order valence-corrected chi connectivity index (χ4v) is 7.38. The Morgan fingerprint density at radius 1 is 1.14 bits per heavy atom. The first-order chi connectivity index (χ1) is 17.2. The van der Waals surface area contributed by atoms with Crippen LogP contribution in [-0.2, 0) is 19.6 Å². The Hall–Kier alpha value is -2.44. The van der Waals surface area contributed by atoms with Gasteiger partial charge in [0.25, 0.3) is 11.1 Å². The molecular weight excluding hydrogens is 547 g/mol. The predicted molar refractivity (Wildman–Crippen MR) is 138 cm³/mol. The van der Waals surface area contributed by atoms with Crippen molar-refractivity contribution in [2.45, 2.75) is 17.7 Å². The molecule has 0 atom stereocenters. The van der Waals surface area contributed by atoms with Crippen molar-refractivity contribution in [1.82, 2.24) is 19.5 Å². The van der Waals surface area contributed by atoms with Crippen molar-refractivity contribution in [3.63, 3.8) is 0 Å². The maximum atomic E-state index is 13.0. The average Bonchev–Trinajstić information content (AvgIpc) is 3.11. The van der Waals surface area contributed by atoms with Crippen LogP contribution in [0.25, 0.3) is 6.08 Å². The van der Waals surface area contributed by atoms with Crippen molar-refractivity contribution >= 4 is 68.1 Å². The van der Waals surface area contributed by atoms with Gasteiger partial charge in [0.15, 0.2) is 0 Å². The van der Waals surface area contributed by atoms with Crippen molar-refractivity contribution < 1.29 is 22.8 Å². The molecule has 3 amide bonds. The van der Waals surface area contributed by atoms with Gasteiger partial charge in [-0.05, 0) is 54.4 Å². The molecule has 190 valence electrons. The molecule has 2 aromatic rings. The highest BCUT2D eigenvalue weighted by molar-refractivity contribution is 8.18. The number of pyridine rings is 1. The number of thioether (sulfide) groups is 1. The Balaban J connectivity index is 1.28. The molecule has 0 unspecified atom stereocenters. The highest BCUT2D eigenvalue weighted by Gasteiger charge is 2.36. The summed E-state index contributed by atoms with van der Waals surface area (Å²) in [5.41, 5.74) is 0.710. The number of amides is 3. The molecule has 0 spiro atoms. The van der Waals surface area contributed by atoms with Gasteiger partial charge in [0.05, 0.1) is 15.0 Å². The molecule has 1 aromatic carbocycles. The van der Waals surface area contributed by atoms with E-state index in [4.69, 9.17) is 23.2 Å². The first-order valence-electron chi connectivity index (χ1n) is 11.1. The fourth-order valence-electron chi connectivity index (χ4n) is 3.96. The molecule has 0 radical (unpaired) electrons. The van der Waals surface area contributed by atoms with E-state index in [1.807, 2.05) is 0 Å². The van der Waals surface area contributed by atoms with Crippen molar-refractivity contribution in [1.29, 1.82) is 0 Å². The number of carbonyl (C=O) groups excluding carboxylic acids is 3. The lowest BCUT2D eigenvalue weighted by molar-refractivity contribution is -0.127. The van der Waals surface area contributed by atoms with Gasteiger partial charge in [-0.25, -0.2) is 8.42 Å². The lowest BCUT2D eigenvalue weighted by Gasteiger charge is -2.31. The Morgan fingerprint density at radius 3 is 2.47 bits per heavy atom. The molecule has 0 bridgehead atoms. The zero-order chi connectivity index (χ0) is 25.9. The molecule has 4 rings (SSSR count). The van der Waals surface area contributed by atoms with Crippen LogP contribution in [0.1, 0.15) is 18.4 Å². The van der Waals surface area contributed by atoms with E-state index in [0.29, 0.717) is 23.3 Å². The molecule has 2 saturated heterocycles. The smallest absolute Gasteiger partial charge is 0.293 e. The van der Waals surface area contributed by atoms with Gasteiger partial charge in [-0.15, -0.1) is 0 Å². The summed E-state index contributed by atoms with van der Waals surface area (Å²) in [6.45, 7) is 0.429. The van der Waals surface area contributed by atoms with E-state index >= 15 is 0 Å². The lowest BCUT2D eigenvalue weighted by atomic mass is 9.97. The summed E-state index contributed by atoms with van der Waals surface area (Å²) in [6.07, 6.45) is 5.45. The molecule has 36 heavy (non-hydrogen) atoms. The number of imide groups is 1. The van der Waals surface area contributed by atoms with Crippen LogP contribution in [0.4, 0.5) is 4.79 Å². The summed E-state index contributed by atoms with van der Waals surface area (Å²) in [7, 11) is -3.90. The zero-order valence-electron chi connectivity index (χ0n) is 18.9. The van der Waals surface area contributed by atoms with E-state index in [1.54, 1.807) is 36.7 Å². The standard InChI is InChI=1S/C23H22Cl2N4O5S2/c24-17-4-1-5-18(25)20(17)36(33,34)28-10-6-16(7-11-28)21(30)27-9-12-29-22(31)19(35-23(29)32)13-15-3-2-8-26-14-15/h1-5,8,13-14,16H,6-7,9-12H2,(H,27,30)/b19-13+. The summed E-state index contributed by atoms with van der Waals surface area (Å²) in [6, 6.07) is 8.01. The predicted octanol–water partition coefficient (Wildman–Crippen LogP) is 3.64. The molecule has 13 heteroatoms. The lowest BCUT2D eigenvalue weighted by Crippen LogP contribution is -2.44. The van der Waals surface area contributed by atoms with Crippen molar-refractivity contribution in [3.8, 4) is 0 Å². The minimum atomic E-state index is -3.90. The van der Waals surface area contributed by atoms with Gasteiger partial charge in [0.1, 0.15) is 4.90 Å². The average molecular weight is 569 g/mol.